The van der Waals surface area contributed by atoms with E-state index in [2.05, 4.69) is 20.0 Å². The van der Waals surface area contributed by atoms with Crippen LogP contribution >= 0.6 is 11.6 Å². The molecule has 1 aliphatic heterocycles. The molecule has 1 aliphatic rings. The van der Waals surface area contributed by atoms with Crippen molar-refractivity contribution in [3.63, 3.8) is 0 Å². The van der Waals surface area contributed by atoms with Gasteiger partial charge in [-0.1, -0.05) is 11.6 Å². The van der Waals surface area contributed by atoms with Gasteiger partial charge in [-0.3, -0.25) is 4.98 Å². The van der Waals surface area contributed by atoms with Crippen LogP contribution in [0, 0.1) is 5.82 Å². The van der Waals surface area contributed by atoms with Crippen molar-refractivity contribution in [1.29, 1.82) is 0 Å². The number of oxazole rings is 1. The predicted molar refractivity (Wildman–Crippen MR) is 108 cm³/mol. The molecule has 1 saturated heterocycles. The number of ether oxygens (including phenoxy) is 1. The highest BCUT2D eigenvalue weighted by Gasteiger charge is 2.35. The summed E-state index contributed by atoms with van der Waals surface area (Å²) in [4.78, 5) is 10.1. The van der Waals surface area contributed by atoms with Gasteiger partial charge in [0.2, 0.25) is 0 Å². The van der Waals surface area contributed by atoms with E-state index in [-0.39, 0.29) is 39.4 Å². The standard InChI is InChI=1S/C20H19ClF4N4O2/c1-2-29(10-12-4-3-7-26-12)19-28-16-17(30-19)13(15-6-5-11(22)9-27-15)8-14(21)18(16)31-20(23,24)25/h5-6,8-9,12,26H,2-4,7,10H2,1H3. The van der Waals surface area contributed by atoms with Crippen LogP contribution in [0.2, 0.25) is 5.02 Å². The zero-order valence-corrected chi connectivity index (χ0v) is 17.2. The average Bonchev–Trinajstić information content (AvgIpc) is 3.38. The molecular weight excluding hydrogens is 440 g/mol. The fourth-order valence-electron chi connectivity index (χ4n) is 3.61. The Morgan fingerprint density at radius 1 is 1.35 bits per heavy atom. The van der Waals surface area contributed by atoms with E-state index >= 15 is 0 Å². The van der Waals surface area contributed by atoms with Crippen molar-refractivity contribution in [3.8, 4) is 17.0 Å². The summed E-state index contributed by atoms with van der Waals surface area (Å²) < 4.78 is 62.4. The molecule has 3 aromatic rings. The molecular formula is C20H19ClF4N4O2. The molecule has 1 fully saturated rings. The number of rotatable bonds is 6. The number of benzene rings is 1. The molecule has 0 amide bonds. The number of nitrogens with zero attached hydrogens (tertiary/aromatic N) is 3. The summed E-state index contributed by atoms with van der Waals surface area (Å²) in [6, 6.07) is 4.18. The van der Waals surface area contributed by atoms with E-state index in [1.165, 1.54) is 18.2 Å². The molecule has 31 heavy (non-hydrogen) atoms. The fraction of sp³-hybridized carbons (Fsp3) is 0.400. The third kappa shape index (κ3) is 4.69. The van der Waals surface area contributed by atoms with E-state index in [1.54, 1.807) is 0 Å². The molecule has 0 saturated carbocycles. The lowest BCUT2D eigenvalue weighted by molar-refractivity contribution is -0.274. The average molecular weight is 459 g/mol. The van der Waals surface area contributed by atoms with Crippen molar-refractivity contribution in [2.75, 3.05) is 24.5 Å². The number of hydrogen-bond donors (Lipinski definition) is 1. The number of fused-ring (bicyclic) bond motifs is 1. The molecule has 1 N–H and O–H groups in total. The summed E-state index contributed by atoms with van der Waals surface area (Å²) in [5.74, 6) is -1.21. The van der Waals surface area contributed by atoms with Crippen molar-refractivity contribution in [2.24, 2.45) is 0 Å². The van der Waals surface area contributed by atoms with Crippen LogP contribution in [0.25, 0.3) is 22.4 Å². The van der Waals surface area contributed by atoms with Gasteiger partial charge in [-0.2, -0.15) is 4.98 Å². The van der Waals surface area contributed by atoms with Gasteiger partial charge in [0.1, 0.15) is 5.82 Å². The highest BCUT2D eigenvalue weighted by molar-refractivity contribution is 6.33. The largest absolute Gasteiger partial charge is 0.573 e. The maximum Gasteiger partial charge on any atom is 0.573 e. The van der Waals surface area contributed by atoms with Crippen molar-refractivity contribution >= 4 is 28.7 Å². The summed E-state index contributed by atoms with van der Waals surface area (Å²) in [6.07, 6.45) is -1.94. The van der Waals surface area contributed by atoms with Gasteiger partial charge in [0.25, 0.3) is 6.01 Å². The van der Waals surface area contributed by atoms with Gasteiger partial charge >= 0.3 is 6.36 Å². The first-order chi connectivity index (χ1) is 14.7. The topological polar surface area (TPSA) is 63.4 Å². The molecule has 2 aromatic heterocycles. The van der Waals surface area contributed by atoms with Crippen LogP contribution in [-0.4, -0.2) is 42.0 Å². The van der Waals surface area contributed by atoms with Gasteiger partial charge in [0.15, 0.2) is 16.8 Å². The second-order valence-corrected chi connectivity index (χ2v) is 7.56. The van der Waals surface area contributed by atoms with Gasteiger partial charge in [0, 0.05) is 24.7 Å². The van der Waals surface area contributed by atoms with Gasteiger partial charge in [-0.25, -0.2) is 4.39 Å². The van der Waals surface area contributed by atoms with E-state index in [9.17, 15) is 17.6 Å². The Hall–Kier alpha value is -2.59. The van der Waals surface area contributed by atoms with Gasteiger partial charge in [-0.05, 0) is 44.5 Å². The molecule has 6 nitrogen and oxygen atoms in total. The zero-order chi connectivity index (χ0) is 22.2. The second-order valence-electron chi connectivity index (χ2n) is 7.15. The van der Waals surface area contributed by atoms with Crippen molar-refractivity contribution in [3.05, 3.63) is 35.2 Å². The summed E-state index contributed by atoms with van der Waals surface area (Å²) in [6.45, 7) is 3.91. The molecule has 0 spiro atoms. The van der Waals surface area contributed by atoms with Crippen molar-refractivity contribution in [2.45, 2.75) is 32.2 Å². The van der Waals surface area contributed by atoms with E-state index in [0.717, 1.165) is 25.6 Å². The number of hydrogen-bond acceptors (Lipinski definition) is 6. The second kappa shape index (κ2) is 8.51. The minimum Gasteiger partial charge on any atom is -0.423 e. The van der Waals surface area contributed by atoms with Gasteiger partial charge in [0.05, 0.1) is 16.9 Å². The Balaban J connectivity index is 1.84. The Kier molecular flexibility index (Phi) is 5.94. The number of aromatic nitrogens is 2. The lowest BCUT2D eigenvalue weighted by Crippen LogP contribution is -2.37. The smallest absolute Gasteiger partial charge is 0.423 e. The maximum atomic E-state index is 13.3. The molecule has 4 rings (SSSR count). The predicted octanol–water partition coefficient (Wildman–Crippen LogP) is 5.16. The maximum absolute atomic E-state index is 13.3. The summed E-state index contributed by atoms with van der Waals surface area (Å²) in [5.41, 5.74) is 0.396. The minimum atomic E-state index is -4.97. The van der Waals surface area contributed by atoms with Crippen LogP contribution in [0.5, 0.6) is 5.75 Å². The molecule has 166 valence electrons. The van der Waals surface area contributed by atoms with Gasteiger partial charge in [-0.15, -0.1) is 13.2 Å². The highest BCUT2D eigenvalue weighted by Crippen LogP contribution is 2.43. The van der Waals surface area contributed by atoms with Crippen molar-refractivity contribution < 1.29 is 26.7 Å². The molecule has 0 bridgehead atoms. The SMILES string of the molecule is CCN(CC1CCCN1)c1nc2c(OC(F)(F)F)c(Cl)cc(-c3ccc(F)cn3)c2o1. The molecule has 1 unspecified atom stereocenters. The molecule has 3 heterocycles. The molecule has 0 radical (unpaired) electrons. The molecule has 0 aliphatic carbocycles. The first-order valence-corrected chi connectivity index (χ1v) is 10.1. The van der Waals surface area contributed by atoms with Crippen LogP contribution in [0.15, 0.2) is 28.8 Å². The first-order valence-electron chi connectivity index (χ1n) is 9.74. The van der Waals surface area contributed by atoms with Crippen LogP contribution in [0.3, 0.4) is 0 Å². The molecule has 11 heteroatoms. The number of alkyl halides is 3. The number of halogens is 5. The quantitative estimate of drug-likeness (QED) is 0.515. The van der Waals surface area contributed by atoms with E-state index in [1.807, 2.05) is 11.8 Å². The normalized spacial score (nSPS) is 16.8. The Morgan fingerprint density at radius 2 is 2.16 bits per heavy atom. The molecule has 1 aromatic carbocycles. The highest BCUT2D eigenvalue weighted by atomic mass is 35.5. The minimum absolute atomic E-state index is 0.0237. The van der Waals surface area contributed by atoms with Gasteiger partial charge < -0.3 is 19.4 Å². The number of nitrogens with one attached hydrogen (secondary N) is 1. The Bertz CT molecular complexity index is 1070. The summed E-state index contributed by atoms with van der Waals surface area (Å²) >= 11 is 6.12. The monoisotopic (exact) mass is 458 g/mol. The van der Waals surface area contributed by atoms with E-state index in [0.29, 0.717) is 13.1 Å². The third-order valence-corrected chi connectivity index (χ3v) is 5.32. The summed E-state index contributed by atoms with van der Waals surface area (Å²) in [5, 5.41) is 3.05. The zero-order valence-electron chi connectivity index (χ0n) is 16.5. The number of pyridine rings is 1. The van der Waals surface area contributed by atoms with Crippen molar-refractivity contribution in [1.82, 2.24) is 15.3 Å². The van der Waals surface area contributed by atoms with E-state index < -0.39 is 17.9 Å². The van der Waals surface area contributed by atoms with Crippen LogP contribution < -0.4 is 15.0 Å². The van der Waals surface area contributed by atoms with Crippen LogP contribution in [0.4, 0.5) is 23.6 Å². The third-order valence-electron chi connectivity index (χ3n) is 5.04. The lowest BCUT2D eigenvalue weighted by Gasteiger charge is -2.22. The van der Waals surface area contributed by atoms with E-state index in [4.69, 9.17) is 16.0 Å². The number of likely N-dealkylation sites (N-methyl/N-ethyl adjacent to an activating group) is 1. The van der Waals surface area contributed by atoms with Crippen LogP contribution in [-0.2, 0) is 0 Å². The summed E-state index contributed by atoms with van der Waals surface area (Å²) in [7, 11) is 0. The number of anilines is 1. The lowest BCUT2D eigenvalue weighted by atomic mass is 10.1. The van der Waals surface area contributed by atoms with Crippen LogP contribution in [0.1, 0.15) is 19.8 Å². The first kappa shape index (κ1) is 21.6. The molecule has 1 atom stereocenters. The fourth-order valence-corrected chi connectivity index (χ4v) is 3.85. The Labute approximate surface area is 180 Å². The Morgan fingerprint density at radius 3 is 2.77 bits per heavy atom.